The number of carbonyl (C=O) groups is 1. The molecule has 1 aromatic carbocycles. The maximum Gasteiger partial charge on any atom is 0.256 e. The van der Waals surface area contributed by atoms with E-state index in [1.54, 1.807) is 48.1 Å². The number of aryl methyl sites for hydroxylation is 1. The van der Waals surface area contributed by atoms with E-state index in [0.29, 0.717) is 22.3 Å². The molecular weight excluding hydrogens is 427 g/mol. The van der Waals surface area contributed by atoms with E-state index in [-0.39, 0.29) is 36.2 Å². The van der Waals surface area contributed by atoms with E-state index in [9.17, 15) is 14.3 Å². The zero-order chi connectivity index (χ0) is 23.5. The molecule has 0 spiro atoms. The van der Waals surface area contributed by atoms with Gasteiger partial charge in [-0.2, -0.15) is 4.98 Å². The van der Waals surface area contributed by atoms with Crippen LogP contribution in [0.3, 0.4) is 0 Å². The first kappa shape index (κ1) is 22.2. The van der Waals surface area contributed by atoms with Crippen LogP contribution in [-0.4, -0.2) is 44.3 Å². The Morgan fingerprint density at radius 1 is 1.27 bits per heavy atom. The second-order valence-corrected chi connectivity index (χ2v) is 7.54. The number of hydrogen-bond acceptors (Lipinski definition) is 7. The predicted octanol–water partition coefficient (Wildman–Crippen LogP) is 2.68. The van der Waals surface area contributed by atoms with Crippen LogP contribution in [0.15, 0.2) is 48.8 Å². The number of anilines is 1. The van der Waals surface area contributed by atoms with Crippen LogP contribution >= 0.6 is 0 Å². The molecule has 0 bridgehead atoms. The van der Waals surface area contributed by atoms with Gasteiger partial charge in [-0.05, 0) is 54.3 Å². The first-order valence-electron chi connectivity index (χ1n) is 10.2. The van der Waals surface area contributed by atoms with Crippen molar-refractivity contribution in [2.45, 2.75) is 19.4 Å². The van der Waals surface area contributed by atoms with Crippen LogP contribution in [0.5, 0.6) is 5.88 Å². The highest BCUT2D eigenvalue weighted by atomic mass is 19.1. The van der Waals surface area contributed by atoms with Gasteiger partial charge in [-0.3, -0.25) is 4.79 Å². The third-order valence-corrected chi connectivity index (χ3v) is 5.26. The maximum absolute atomic E-state index is 13.7. The van der Waals surface area contributed by atoms with Crippen LogP contribution in [0.4, 0.5) is 10.3 Å². The van der Waals surface area contributed by atoms with E-state index in [4.69, 9.17) is 10.5 Å². The van der Waals surface area contributed by atoms with Crippen molar-refractivity contribution in [1.82, 2.24) is 24.9 Å². The van der Waals surface area contributed by atoms with Crippen molar-refractivity contribution in [3.8, 4) is 17.0 Å². The molecule has 9 nitrogen and oxygen atoms in total. The molecule has 0 saturated heterocycles. The van der Waals surface area contributed by atoms with Gasteiger partial charge < -0.3 is 20.9 Å². The van der Waals surface area contributed by atoms with E-state index in [0.717, 1.165) is 5.56 Å². The van der Waals surface area contributed by atoms with E-state index < -0.39 is 12.0 Å². The van der Waals surface area contributed by atoms with Gasteiger partial charge >= 0.3 is 0 Å². The summed E-state index contributed by atoms with van der Waals surface area (Å²) in [6.07, 6.45) is 2.62. The number of rotatable bonds is 7. The molecule has 10 heteroatoms. The Hall–Kier alpha value is -4.05. The predicted molar refractivity (Wildman–Crippen MR) is 120 cm³/mol. The molecule has 0 fully saturated rings. The summed E-state index contributed by atoms with van der Waals surface area (Å²) < 4.78 is 20.5. The fraction of sp³-hybridized carbons (Fsp3) is 0.217. The number of ether oxygens (including phenoxy) is 1. The molecule has 4 N–H and O–H groups in total. The minimum atomic E-state index is -0.908. The fourth-order valence-corrected chi connectivity index (χ4v) is 3.41. The Bertz CT molecular complexity index is 1320. The molecule has 170 valence electrons. The van der Waals surface area contributed by atoms with Gasteiger partial charge in [0.2, 0.25) is 11.8 Å². The molecule has 3 aromatic heterocycles. The number of hydrogen-bond donors (Lipinski definition) is 3. The monoisotopic (exact) mass is 450 g/mol. The third kappa shape index (κ3) is 4.75. The molecule has 0 aliphatic rings. The summed E-state index contributed by atoms with van der Waals surface area (Å²) in [5, 5.41) is 17.1. The summed E-state index contributed by atoms with van der Waals surface area (Å²) in [6, 6.07) is 9.84. The number of aliphatic hydroxyl groups is 1. The highest BCUT2D eigenvalue weighted by Gasteiger charge is 2.17. The molecule has 0 aliphatic heterocycles. The van der Waals surface area contributed by atoms with E-state index in [1.165, 1.54) is 13.2 Å². The molecule has 4 rings (SSSR count). The average molecular weight is 450 g/mol. The number of fused-ring (bicyclic) bond motifs is 1. The van der Waals surface area contributed by atoms with Gasteiger partial charge in [0.15, 0.2) is 5.65 Å². The SMILES string of the molecule is COc1ncc(-c2ccn3nc(N)nc3c2)cc1C(=O)NCCC(O)c1ccc(C)c(F)c1. The number of amides is 1. The molecule has 0 saturated carbocycles. The Balaban J connectivity index is 1.48. The number of nitrogens with one attached hydrogen (secondary N) is 1. The molecule has 0 radical (unpaired) electrons. The third-order valence-electron chi connectivity index (χ3n) is 5.26. The lowest BCUT2D eigenvalue weighted by Crippen LogP contribution is -2.26. The first-order chi connectivity index (χ1) is 15.9. The zero-order valence-corrected chi connectivity index (χ0v) is 18.1. The van der Waals surface area contributed by atoms with Crippen LogP contribution in [0.25, 0.3) is 16.8 Å². The molecule has 1 amide bonds. The highest BCUT2D eigenvalue weighted by Crippen LogP contribution is 2.25. The number of methoxy groups -OCH3 is 1. The van der Waals surface area contributed by atoms with Crippen LogP contribution in [0.2, 0.25) is 0 Å². The number of benzene rings is 1. The fourth-order valence-electron chi connectivity index (χ4n) is 3.41. The number of pyridine rings is 2. The van der Waals surface area contributed by atoms with Crippen molar-refractivity contribution in [1.29, 1.82) is 0 Å². The number of aromatic nitrogens is 4. The van der Waals surface area contributed by atoms with Gasteiger partial charge in [-0.15, -0.1) is 5.10 Å². The number of nitrogen functional groups attached to an aromatic ring is 1. The first-order valence-corrected chi connectivity index (χ1v) is 10.2. The molecule has 4 aromatic rings. The van der Waals surface area contributed by atoms with Crippen LogP contribution < -0.4 is 15.8 Å². The minimum absolute atomic E-state index is 0.163. The summed E-state index contributed by atoms with van der Waals surface area (Å²) in [5.41, 5.74) is 8.86. The standard InChI is InChI=1S/C23H23FN6O3/c1-13-3-4-15(10-18(13)24)19(31)5-7-26-21(32)17-9-16(12-27-22(17)33-2)14-6-8-30-20(11-14)28-23(25)29-30/h3-4,6,8-12,19,31H,5,7H2,1-2H3,(H2,25,29)(H,26,32). The number of nitrogens with two attached hydrogens (primary N) is 1. The lowest BCUT2D eigenvalue weighted by Gasteiger charge is -2.14. The quantitative estimate of drug-likeness (QED) is 0.395. The van der Waals surface area contributed by atoms with Gasteiger partial charge in [0, 0.05) is 24.5 Å². The van der Waals surface area contributed by atoms with Crippen LogP contribution in [0.1, 0.15) is 34.0 Å². The van der Waals surface area contributed by atoms with E-state index in [1.807, 2.05) is 6.07 Å². The molecule has 1 unspecified atom stereocenters. The second kappa shape index (κ2) is 9.21. The topological polar surface area (TPSA) is 128 Å². The Morgan fingerprint density at radius 2 is 2.09 bits per heavy atom. The van der Waals surface area contributed by atoms with Gasteiger partial charge in [0.1, 0.15) is 11.4 Å². The van der Waals surface area contributed by atoms with Crippen LogP contribution in [0, 0.1) is 12.7 Å². The van der Waals surface area contributed by atoms with Crippen molar-refractivity contribution in [2.75, 3.05) is 19.4 Å². The zero-order valence-electron chi connectivity index (χ0n) is 18.1. The summed E-state index contributed by atoms with van der Waals surface area (Å²) in [5.74, 6) is -0.452. The molecular formula is C23H23FN6O3. The van der Waals surface area contributed by atoms with Crippen molar-refractivity contribution >= 4 is 17.5 Å². The Labute approximate surface area is 189 Å². The van der Waals surface area contributed by atoms with Gasteiger partial charge in [-0.25, -0.2) is 13.9 Å². The van der Waals surface area contributed by atoms with E-state index in [2.05, 4.69) is 20.4 Å². The smallest absolute Gasteiger partial charge is 0.256 e. The number of aliphatic hydroxyl groups excluding tert-OH is 1. The number of carbonyl (C=O) groups excluding carboxylic acids is 1. The summed E-state index contributed by atoms with van der Waals surface area (Å²) in [7, 11) is 1.43. The molecule has 33 heavy (non-hydrogen) atoms. The summed E-state index contributed by atoms with van der Waals surface area (Å²) in [6.45, 7) is 1.83. The van der Waals surface area contributed by atoms with Crippen molar-refractivity contribution in [3.05, 3.63) is 71.3 Å². The lowest BCUT2D eigenvalue weighted by molar-refractivity contribution is 0.0939. The summed E-state index contributed by atoms with van der Waals surface area (Å²) >= 11 is 0. The number of nitrogens with zero attached hydrogens (tertiary/aromatic N) is 4. The second-order valence-electron chi connectivity index (χ2n) is 7.54. The van der Waals surface area contributed by atoms with Gasteiger partial charge in [0.05, 0.1) is 13.2 Å². The van der Waals surface area contributed by atoms with Crippen LogP contribution in [-0.2, 0) is 0 Å². The summed E-state index contributed by atoms with van der Waals surface area (Å²) in [4.78, 5) is 21.2. The number of halogens is 1. The van der Waals surface area contributed by atoms with Crippen molar-refractivity contribution < 1.29 is 19.0 Å². The Morgan fingerprint density at radius 3 is 2.85 bits per heavy atom. The molecule has 0 aliphatic carbocycles. The maximum atomic E-state index is 13.7. The van der Waals surface area contributed by atoms with Crippen molar-refractivity contribution in [3.63, 3.8) is 0 Å². The van der Waals surface area contributed by atoms with Gasteiger partial charge in [-0.1, -0.05) is 12.1 Å². The van der Waals surface area contributed by atoms with Gasteiger partial charge in [0.25, 0.3) is 5.91 Å². The highest BCUT2D eigenvalue weighted by molar-refractivity contribution is 5.97. The molecule has 3 heterocycles. The largest absolute Gasteiger partial charge is 0.480 e. The van der Waals surface area contributed by atoms with Crippen molar-refractivity contribution in [2.24, 2.45) is 0 Å². The average Bonchev–Trinajstić information content (AvgIpc) is 3.19. The normalized spacial score (nSPS) is 12.0. The lowest BCUT2D eigenvalue weighted by atomic mass is 10.0. The molecule has 1 atom stereocenters. The Kier molecular flexibility index (Phi) is 6.18. The minimum Gasteiger partial charge on any atom is -0.480 e. The van der Waals surface area contributed by atoms with E-state index >= 15 is 0 Å².